The maximum atomic E-state index is 12.8. The van der Waals surface area contributed by atoms with E-state index >= 15 is 0 Å². The molecule has 1 atom stereocenters. The molecule has 4 rings (SSSR count). The first-order valence-electron chi connectivity index (χ1n) is 8.89. The van der Waals surface area contributed by atoms with E-state index in [9.17, 15) is 9.59 Å². The smallest absolute Gasteiger partial charge is 0.255 e. The van der Waals surface area contributed by atoms with Gasteiger partial charge in [-0.05, 0) is 24.3 Å². The molecule has 7 nitrogen and oxygen atoms in total. The summed E-state index contributed by atoms with van der Waals surface area (Å²) in [6, 6.07) is 14.1. The van der Waals surface area contributed by atoms with Crippen molar-refractivity contribution in [3.05, 3.63) is 78.2 Å². The number of hydrogen-bond donors (Lipinski definition) is 1. The van der Waals surface area contributed by atoms with Gasteiger partial charge in [-0.2, -0.15) is 5.10 Å². The van der Waals surface area contributed by atoms with Gasteiger partial charge in [0.05, 0.1) is 5.88 Å². The molecule has 3 heterocycles. The zero-order valence-electron chi connectivity index (χ0n) is 15.1. The lowest BCUT2D eigenvalue weighted by Gasteiger charge is -2.23. The Morgan fingerprint density at radius 3 is 2.75 bits per heavy atom. The van der Waals surface area contributed by atoms with Crippen molar-refractivity contribution in [1.29, 1.82) is 0 Å². The van der Waals surface area contributed by atoms with Gasteiger partial charge >= 0.3 is 0 Å². The van der Waals surface area contributed by atoms with Crippen molar-refractivity contribution in [1.82, 2.24) is 25.0 Å². The number of aromatic nitrogens is 3. The lowest BCUT2D eigenvalue weighted by atomic mass is 10.1. The highest BCUT2D eigenvalue weighted by atomic mass is 32.2. The molecule has 8 heteroatoms. The number of rotatable bonds is 5. The van der Waals surface area contributed by atoms with Crippen molar-refractivity contribution in [2.45, 2.75) is 12.6 Å². The van der Waals surface area contributed by atoms with Crippen LogP contribution in [0.3, 0.4) is 0 Å². The maximum Gasteiger partial charge on any atom is 0.255 e. The molecule has 0 spiro atoms. The fourth-order valence-corrected chi connectivity index (χ4v) is 4.23. The van der Waals surface area contributed by atoms with Crippen molar-refractivity contribution in [2.24, 2.45) is 0 Å². The van der Waals surface area contributed by atoms with Gasteiger partial charge in [0.25, 0.3) is 5.91 Å². The first-order chi connectivity index (χ1) is 13.7. The van der Waals surface area contributed by atoms with E-state index in [0.29, 0.717) is 29.6 Å². The Labute approximate surface area is 166 Å². The van der Waals surface area contributed by atoms with Crippen LogP contribution in [0.15, 0.2) is 67.1 Å². The van der Waals surface area contributed by atoms with Crippen LogP contribution >= 0.6 is 11.8 Å². The van der Waals surface area contributed by atoms with Crippen molar-refractivity contribution in [3.63, 3.8) is 0 Å². The van der Waals surface area contributed by atoms with Crippen LogP contribution in [-0.4, -0.2) is 49.2 Å². The van der Waals surface area contributed by atoms with E-state index in [1.54, 1.807) is 45.9 Å². The lowest BCUT2D eigenvalue weighted by molar-refractivity contribution is -0.124. The number of carbonyl (C=O) groups is 2. The van der Waals surface area contributed by atoms with Crippen LogP contribution in [0.4, 0.5) is 0 Å². The Hall–Kier alpha value is -3.13. The number of nitrogens with one attached hydrogen (secondary N) is 1. The summed E-state index contributed by atoms with van der Waals surface area (Å²) in [5.41, 5.74) is 1.45. The third kappa shape index (κ3) is 3.77. The van der Waals surface area contributed by atoms with Gasteiger partial charge in [0.15, 0.2) is 5.82 Å². The van der Waals surface area contributed by atoms with E-state index in [1.165, 1.54) is 0 Å². The van der Waals surface area contributed by atoms with Crippen molar-refractivity contribution < 1.29 is 9.59 Å². The third-order valence-corrected chi connectivity index (χ3v) is 5.52. The summed E-state index contributed by atoms with van der Waals surface area (Å²) < 4.78 is 1.66. The summed E-state index contributed by atoms with van der Waals surface area (Å²) in [5.74, 6) is 1.49. The number of benzene rings is 1. The number of thioether (sulfide) groups is 1. The highest BCUT2D eigenvalue weighted by Gasteiger charge is 2.35. The summed E-state index contributed by atoms with van der Waals surface area (Å²) in [5, 5.41) is 7.16. The molecule has 0 saturated carbocycles. The quantitative estimate of drug-likeness (QED) is 0.718. The van der Waals surface area contributed by atoms with E-state index in [0.717, 1.165) is 5.56 Å². The van der Waals surface area contributed by atoms with Gasteiger partial charge in [-0.15, -0.1) is 11.8 Å². The fourth-order valence-electron chi connectivity index (χ4n) is 3.08. The Balaban J connectivity index is 1.45. The molecule has 0 unspecified atom stereocenters. The zero-order valence-corrected chi connectivity index (χ0v) is 15.9. The number of pyridine rings is 1. The molecule has 28 heavy (non-hydrogen) atoms. The molecule has 142 valence electrons. The molecule has 1 N–H and O–H groups in total. The molecule has 0 radical (unpaired) electrons. The molecule has 3 aromatic rings. The SMILES string of the molecule is O=C(NCc1cccnc1-n1cccn1)[C@H]1CSCN1C(=O)c1ccccc1. The van der Waals surface area contributed by atoms with Gasteiger partial charge in [-0.1, -0.05) is 24.3 Å². The van der Waals surface area contributed by atoms with Crippen LogP contribution in [0.1, 0.15) is 15.9 Å². The highest BCUT2D eigenvalue weighted by Crippen LogP contribution is 2.23. The summed E-state index contributed by atoms with van der Waals surface area (Å²) in [4.78, 5) is 31.5. The molecule has 1 fully saturated rings. The van der Waals surface area contributed by atoms with E-state index in [4.69, 9.17) is 0 Å². The Morgan fingerprint density at radius 1 is 1.11 bits per heavy atom. The normalized spacial score (nSPS) is 16.1. The van der Waals surface area contributed by atoms with Crippen LogP contribution in [0.5, 0.6) is 0 Å². The molecule has 1 aromatic carbocycles. The topological polar surface area (TPSA) is 80.1 Å². The molecule has 0 aliphatic carbocycles. The van der Waals surface area contributed by atoms with Gasteiger partial charge in [-0.25, -0.2) is 9.67 Å². The predicted molar refractivity (Wildman–Crippen MR) is 107 cm³/mol. The zero-order chi connectivity index (χ0) is 19.3. The van der Waals surface area contributed by atoms with Crippen molar-refractivity contribution >= 4 is 23.6 Å². The van der Waals surface area contributed by atoms with E-state index < -0.39 is 6.04 Å². The lowest BCUT2D eigenvalue weighted by Crippen LogP contribution is -2.47. The van der Waals surface area contributed by atoms with Crippen LogP contribution in [-0.2, 0) is 11.3 Å². The monoisotopic (exact) mass is 393 g/mol. The van der Waals surface area contributed by atoms with Gasteiger partial charge in [0.2, 0.25) is 5.91 Å². The molecule has 1 aliphatic heterocycles. The summed E-state index contributed by atoms with van der Waals surface area (Å²) >= 11 is 1.58. The number of amides is 2. The Morgan fingerprint density at radius 2 is 1.96 bits per heavy atom. The predicted octanol–water partition coefficient (Wildman–Crippen LogP) is 2.10. The molecular formula is C20H19N5O2S. The van der Waals surface area contributed by atoms with E-state index in [-0.39, 0.29) is 11.8 Å². The first-order valence-corrected chi connectivity index (χ1v) is 10.0. The third-order valence-electron chi connectivity index (χ3n) is 4.51. The molecule has 2 aromatic heterocycles. The summed E-state index contributed by atoms with van der Waals surface area (Å²) in [6.45, 7) is 0.316. The van der Waals surface area contributed by atoms with Crippen LogP contribution in [0.2, 0.25) is 0 Å². The summed E-state index contributed by atoms with van der Waals surface area (Å²) in [7, 11) is 0. The highest BCUT2D eigenvalue weighted by molar-refractivity contribution is 7.99. The second-order valence-corrected chi connectivity index (χ2v) is 7.31. The molecule has 1 saturated heterocycles. The Bertz CT molecular complexity index is 962. The molecule has 0 bridgehead atoms. The van der Waals surface area contributed by atoms with Crippen molar-refractivity contribution in [3.8, 4) is 5.82 Å². The largest absolute Gasteiger partial charge is 0.350 e. The van der Waals surface area contributed by atoms with Crippen LogP contribution in [0.25, 0.3) is 5.82 Å². The van der Waals surface area contributed by atoms with Gasteiger partial charge in [-0.3, -0.25) is 9.59 Å². The van der Waals surface area contributed by atoms with Gasteiger partial charge in [0, 0.05) is 42.0 Å². The maximum absolute atomic E-state index is 12.8. The Kier molecular flexibility index (Phi) is 5.38. The minimum absolute atomic E-state index is 0.121. The number of carbonyl (C=O) groups excluding carboxylic acids is 2. The molecular weight excluding hydrogens is 374 g/mol. The number of hydrogen-bond acceptors (Lipinski definition) is 5. The number of nitrogens with zero attached hydrogens (tertiary/aromatic N) is 4. The standard InChI is InChI=1S/C20H19N5O2S/c26-19(17-13-28-14-24(17)20(27)15-6-2-1-3-7-15)22-12-16-8-4-9-21-18(16)25-11-5-10-23-25/h1-11,17H,12-14H2,(H,22,26)/t17-/m1/s1. The minimum atomic E-state index is -0.484. The second-order valence-electron chi connectivity index (χ2n) is 6.31. The summed E-state index contributed by atoms with van der Waals surface area (Å²) in [6.07, 6.45) is 5.18. The fraction of sp³-hybridized carbons (Fsp3) is 0.200. The van der Waals surface area contributed by atoms with Gasteiger partial charge in [0.1, 0.15) is 6.04 Å². The molecule has 2 amide bonds. The second kappa shape index (κ2) is 8.26. The van der Waals surface area contributed by atoms with Crippen LogP contribution < -0.4 is 5.32 Å². The van der Waals surface area contributed by atoms with E-state index in [1.807, 2.05) is 42.6 Å². The van der Waals surface area contributed by atoms with Crippen molar-refractivity contribution in [2.75, 3.05) is 11.6 Å². The average Bonchev–Trinajstić information content (AvgIpc) is 3.44. The molecule has 1 aliphatic rings. The van der Waals surface area contributed by atoms with Crippen LogP contribution in [0, 0.1) is 0 Å². The minimum Gasteiger partial charge on any atom is -0.350 e. The first kappa shape index (κ1) is 18.2. The van der Waals surface area contributed by atoms with E-state index in [2.05, 4.69) is 15.4 Å². The van der Waals surface area contributed by atoms with Gasteiger partial charge < -0.3 is 10.2 Å². The average molecular weight is 393 g/mol.